The Balaban J connectivity index is 0.00000137. The summed E-state index contributed by atoms with van der Waals surface area (Å²) in [5.41, 5.74) is 15.7. The van der Waals surface area contributed by atoms with Crippen molar-refractivity contribution in [1.82, 2.24) is 0 Å². The highest BCUT2D eigenvalue weighted by Gasteiger charge is 2.00. The first kappa shape index (κ1) is 16.0. The minimum Gasteiger partial charge on any atom is -0.399 e. The Hall–Kier alpha value is -2.03. The lowest BCUT2D eigenvalue weighted by atomic mass is 10.0. The molecule has 1 rings (SSSR count). The minimum absolute atomic E-state index is 0.566. The number of nitrogens with two attached hydrogens (primary N) is 2. The van der Waals surface area contributed by atoms with Crippen LogP contribution in [-0.2, 0) is 0 Å². The van der Waals surface area contributed by atoms with E-state index >= 15 is 0 Å². The molecule has 0 spiro atoms. The third-order valence-electron chi connectivity index (χ3n) is 2.39. The number of allylic oxidation sites excluding steroid dienone is 2. The first-order valence-electron chi connectivity index (χ1n) is 6.00. The van der Waals surface area contributed by atoms with Crippen molar-refractivity contribution in [1.29, 1.82) is 0 Å². The first-order chi connectivity index (χ1) is 8.56. The number of benzene rings is 1. The van der Waals surface area contributed by atoms with Crippen LogP contribution in [0.1, 0.15) is 31.9 Å². The molecule has 0 amide bonds. The van der Waals surface area contributed by atoms with E-state index in [1.165, 1.54) is 0 Å². The topological polar surface area (TPSA) is 64.4 Å². The normalized spacial score (nSPS) is 11.6. The van der Waals surface area contributed by atoms with Gasteiger partial charge in [-0.2, -0.15) is 0 Å². The van der Waals surface area contributed by atoms with Gasteiger partial charge in [0.1, 0.15) is 0 Å². The van der Waals surface area contributed by atoms with Gasteiger partial charge in [-0.25, -0.2) is 0 Å². The van der Waals surface area contributed by atoms with Crippen molar-refractivity contribution in [3.63, 3.8) is 0 Å². The Kier molecular flexibility index (Phi) is 7.20. The lowest BCUT2D eigenvalue weighted by Crippen LogP contribution is -2.02. The summed E-state index contributed by atoms with van der Waals surface area (Å²) < 4.78 is 0. The maximum absolute atomic E-state index is 5.85. The van der Waals surface area contributed by atoms with Gasteiger partial charge in [0.15, 0.2) is 0 Å². The molecule has 0 aliphatic heterocycles. The lowest BCUT2D eigenvalue weighted by molar-refractivity contribution is 1.39. The third-order valence-corrected chi connectivity index (χ3v) is 2.39. The second kappa shape index (κ2) is 8.12. The molecular formula is C15H23N3. The molecule has 0 bridgehead atoms. The van der Waals surface area contributed by atoms with E-state index in [0.717, 1.165) is 16.7 Å². The van der Waals surface area contributed by atoms with Gasteiger partial charge in [-0.15, -0.1) is 0 Å². The molecule has 0 saturated carbocycles. The number of hydrogen-bond acceptors (Lipinski definition) is 3. The van der Waals surface area contributed by atoms with Crippen molar-refractivity contribution in [2.45, 2.75) is 20.8 Å². The highest BCUT2D eigenvalue weighted by Crippen LogP contribution is 2.17. The van der Waals surface area contributed by atoms with Crippen LogP contribution in [0.2, 0.25) is 0 Å². The average molecular weight is 245 g/mol. The van der Waals surface area contributed by atoms with Crippen molar-refractivity contribution < 1.29 is 0 Å². The van der Waals surface area contributed by atoms with E-state index in [9.17, 15) is 0 Å². The van der Waals surface area contributed by atoms with Gasteiger partial charge in [0.05, 0.1) is 5.70 Å². The molecule has 1 aromatic carbocycles. The van der Waals surface area contributed by atoms with Crippen LogP contribution in [0.4, 0.5) is 0 Å². The summed E-state index contributed by atoms with van der Waals surface area (Å²) in [4.78, 5) is 3.89. The molecule has 0 fully saturated rings. The van der Waals surface area contributed by atoms with Gasteiger partial charge < -0.3 is 11.5 Å². The van der Waals surface area contributed by atoms with Crippen molar-refractivity contribution in [3.05, 3.63) is 47.7 Å². The summed E-state index contributed by atoms with van der Waals surface area (Å²) in [6.07, 6.45) is 1.64. The maximum atomic E-state index is 5.85. The molecule has 0 aliphatic rings. The summed E-state index contributed by atoms with van der Waals surface area (Å²) in [6.45, 7) is 9.65. The van der Waals surface area contributed by atoms with Gasteiger partial charge in [-0.1, -0.05) is 44.7 Å². The van der Waals surface area contributed by atoms with Gasteiger partial charge in [-0.05, 0) is 23.6 Å². The second-order valence-electron chi connectivity index (χ2n) is 3.57. The molecule has 1 aromatic rings. The fourth-order valence-electron chi connectivity index (χ4n) is 1.34. The van der Waals surface area contributed by atoms with Crippen LogP contribution in [0.15, 0.2) is 41.5 Å². The van der Waals surface area contributed by atoms with Crippen LogP contribution < -0.4 is 11.5 Å². The van der Waals surface area contributed by atoms with Crippen molar-refractivity contribution in [2.24, 2.45) is 16.5 Å². The smallest absolute Gasteiger partial charge is 0.0531 e. The van der Waals surface area contributed by atoms with E-state index in [1.807, 2.05) is 45.0 Å². The third kappa shape index (κ3) is 4.45. The molecule has 18 heavy (non-hydrogen) atoms. The Morgan fingerprint density at radius 1 is 1.11 bits per heavy atom. The van der Waals surface area contributed by atoms with Gasteiger partial charge in [0.2, 0.25) is 0 Å². The number of rotatable bonds is 3. The SMILES string of the molecule is C=C(N)c1ccc(/C(C)=C(\N)C=NC)cc1.CC. The van der Waals surface area contributed by atoms with E-state index in [2.05, 4.69) is 11.6 Å². The largest absolute Gasteiger partial charge is 0.399 e. The zero-order valence-electron chi connectivity index (χ0n) is 11.7. The average Bonchev–Trinajstić information content (AvgIpc) is 2.40. The van der Waals surface area contributed by atoms with E-state index in [1.54, 1.807) is 13.3 Å². The van der Waals surface area contributed by atoms with Crippen LogP contribution in [0.25, 0.3) is 11.3 Å². The number of hydrogen-bond donors (Lipinski definition) is 2. The Morgan fingerprint density at radius 3 is 1.94 bits per heavy atom. The Morgan fingerprint density at radius 2 is 1.56 bits per heavy atom. The van der Waals surface area contributed by atoms with Crippen molar-refractivity contribution in [2.75, 3.05) is 7.05 Å². The van der Waals surface area contributed by atoms with Crippen LogP contribution in [-0.4, -0.2) is 13.3 Å². The molecule has 3 heteroatoms. The molecule has 0 heterocycles. The van der Waals surface area contributed by atoms with E-state index in [0.29, 0.717) is 11.4 Å². The van der Waals surface area contributed by atoms with Gasteiger partial charge in [0.25, 0.3) is 0 Å². The lowest BCUT2D eigenvalue weighted by Gasteiger charge is -2.06. The maximum Gasteiger partial charge on any atom is 0.0531 e. The Bertz CT molecular complexity index is 439. The summed E-state index contributed by atoms with van der Waals surface area (Å²) in [5, 5.41) is 0. The molecule has 0 saturated heterocycles. The van der Waals surface area contributed by atoms with Crippen LogP contribution in [0.5, 0.6) is 0 Å². The molecule has 4 N–H and O–H groups in total. The Labute approximate surface area is 110 Å². The first-order valence-corrected chi connectivity index (χ1v) is 6.00. The molecule has 3 nitrogen and oxygen atoms in total. The quantitative estimate of drug-likeness (QED) is 0.804. The van der Waals surface area contributed by atoms with E-state index in [4.69, 9.17) is 11.5 Å². The minimum atomic E-state index is 0.566. The van der Waals surface area contributed by atoms with Crippen molar-refractivity contribution >= 4 is 17.5 Å². The fraction of sp³-hybridized carbons (Fsp3) is 0.267. The molecule has 0 aromatic heterocycles. The highest BCUT2D eigenvalue weighted by molar-refractivity contribution is 5.89. The predicted octanol–water partition coefficient (Wildman–Crippen LogP) is 3.03. The predicted molar refractivity (Wildman–Crippen MR) is 82.2 cm³/mol. The monoisotopic (exact) mass is 245 g/mol. The summed E-state index contributed by atoms with van der Waals surface area (Å²) in [6, 6.07) is 7.80. The summed E-state index contributed by atoms with van der Waals surface area (Å²) in [5.74, 6) is 0. The van der Waals surface area contributed by atoms with Crippen LogP contribution in [0, 0.1) is 0 Å². The van der Waals surface area contributed by atoms with Crippen LogP contribution in [0.3, 0.4) is 0 Å². The van der Waals surface area contributed by atoms with E-state index < -0.39 is 0 Å². The summed E-state index contributed by atoms with van der Waals surface area (Å²) in [7, 11) is 1.70. The number of nitrogens with zero attached hydrogens (tertiary/aromatic N) is 1. The van der Waals surface area contributed by atoms with E-state index in [-0.39, 0.29) is 0 Å². The molecule has 0 unspecified atom stereocenters. The molecule has 0 radical (unpaired) electrons. The van der Waals surface area contributed by atoms with Gasteiger partial charge in [-0.3, -0.25) is 4.99 Å². The number of aliphatic imine (C=N–C) groups is 1. The van der Waals surface area contributed by atoms with Gasteiger partial charge in [0, 0.05) is 19.0 Å². The molecule has 98 valence electrons. The van der Waals surface area contributed by atoms with Crippen molar-refractivity contribution in [3.8, 4) is 0 Å². The standard InChI is InChI=1S/C13H17N3.C2H6/c1-9(13(15)8-16-3)11-4-6-12(7-5-11)10(2)14;1-2/h4-8H,2,14-15H2,1,3H3;1-2H3/b13-9-,16-8?;. The molecular weight excluding hydrogens is 222 g/mol. The van der Waals surface area contributed by atoms with Crippen LogP contribution >= 0.6 is 0 Å². The van der Waals surface area contributed by atoms with Gasteiger partial charge >= 0.3 is 0 Å². The molecule has 0 aliphatic carbocycles. The summed E-state index contributed by atoms with van der Waals surface area (Å²) >= 11 is 0. The zero-order chi connectivity index (χ0) is 14.1. The fourth-order valence-corrected chi connectivity index (χ4v) is 1.34. The highest BCUT2D eigenvalue weighted by atomic mass is 14.7. The zero-order valence-corrected chi connectivity index (χ0v) is 11.7. The molecule has 0 atom stereocenters. The second-order valence-corrected chi connectivity index (χ2v) is 3.57.